The predicted octanol–water partition coefficient (Wildman–Crippen LogP) is 5.82. The first-order valence-electron chi connectivity index (χ1n) is 8.76. The monoisotopic (exact) mass is 440 g/mol. The van der Waals surface area contributed by atoms with Gasteiger partial charge in [-0.2, -0.15) is 0 Å². The van der Waals surface area contributed by atoms with E-state index in [0.29, 0.717) is 22.6 Å². The first-order valence-corrected chi connectivity index (χ1v) is 9.51. The third-order valence-corrected chi connectivity index (χ3v) is 5.05. The van der Waals surface area contributed by atoms with Gasteiger partial charge in [-0.3, -0.25) is 4.79 Å². The zero-order chi connectivity index (χ0) is 21.7. The highest BCUT2D eigenvalue weighted by molar-refractivity contribution is 6.43. The van der Waals surface area contributed by atoms with E-state index in [0.717, 1.165) is 5.56 Å². The van der Waals surface area contributed by atoms with Crippen LogP contribution in [0.25, 0.3) is 17.2 Å². The highest BCUT2D eigenvalue weighted by Gasteiger charge is 2.14. The Kier molecular flexibility index (Phi) is 6.77. The summed E-state index contributed by atoms with van der Waals surface area (Å²) in [6.07, 6.45) is 2.88. The molecule has 7 heteroatoms. The van der Waals surface area contributed by atoms with Gasteiger partial charge in [0.05, 0.1) is 22.7 Å². The Hall–Kier alpha value is -3.28. The fourth-order valence-corrected chi connectivity index (χ4v) is 3.18. The minimum atomic E-state index is -1.04. The van der Waals surface area contributed by atoms with E-state index in [1.807, 2.05) is 24.3 Å². The first-order chi connectivity index (χ1) is 14.4. The SMILES string of the molecule is COc1ccccc1-c1c[c]c(Cl)c(Cl)c1/C=C/C(=O)Nc1ccc(C(=O)O)cc1. The summed E-state index contributed by atoms with van der Waals surface area (Å²) in [6.45, 7) is 0. The van der Waals surface area contributed by atoms with Crippen molar-refractivity contribution in [1.29, 1.82) is 0 Å². The molecule has 0 saturated carbocycles. The molecule has 0 atom stereocenters. The summed E-state index contributed by atoms with van der Waals surface area (Å²) >= 11 is 12.5. The van der Waals surface area contributed by atoms with E-state index in [2.05, 4.69) is 11.4 Å². The van der Waals surface area contributed by atoms with Crippen molar-refractivity contribution in [2.24, 2.45) is 0 Å². The second-order valence-corrected chi connectivity index (χ2v) is 6.91. The number of hydrogen-bond acceptors (Lipinski definition) is 3. The number of anilines is 1. The van der Waals surface area contributed by atoms with Gasteiger partial charge in [0.2, 0.25) is 5.91 Å². The van der Waals surface area contributed by atoms with Crippen LogP contribution >= 0.6 is 23.2 Å². The molecule has 0 aliphatic carbocycles. The van der Waals surface area contributed by atoms with Crippen LogP contribution < -0.4 is 10.1 Å². The van der Waals surface area contributed by atoms with Crippen molar-refractivity contribution in [3.8, 4) is 16.9 Å². The smallest absolute Gasteiger partial charge is 0.335 e. The van der Waals surface area contributed by atoms with Crippen molar-refractivity contribution in [2.75, 3.05) is 12.4 Å². The number of carbonyl (C=O) groups is 2. The molecule has 0 aromatic heterocycles. The summed E-state index contributed by atoms with van der Waals surface area (Å²) in [5, 5.41) is 12.1. The highest BCUT2D eigenvalue weighted by atomic mass is 35.5. The number of carboxylic acid groups (broad SMARTS) is 1. The molecule has 0 spiro atoms. The number of halogens is 2. The van der Waals surface area contributed by atoms with Crippen LogP contribution in [0.15, 0.2) is 60.7 Å². The number of ether oxygens (including phenoxy) is 1. The molecule has 1 amide bonds. The molecule has 3 aromatic rings. The number of amides is 1. The number of para-hydroxylation sites is 1. The number of carbonyl (C=O) groups excluding carboxylic acids is 1. The van der Waals surface area contributed by atoms with Gasteiger partial charge in [-0.15, -0.1) is 0 Å². The Morgan fingerprint density at radius 3 is 2.43 bits per heavy atom. The summed E-state index contributed by atoms with van der Waals surface area (Å²) in [7, 11) is 1.57. The maximum absolute atomic E-state index is 12.3. The zero-order valence-corrected chi connectivity index (χ0v) is 17.3. The number of carboxylic acids is 1. The van der Waals surface area contributed by atoms with Gasteiger partial charge in [0.15, 0.2) is 0 Å². The number of hydrogen-bond donors (Lipinski definition) is 2. The zero-order valence-electron chi connectivity index (χ0n) is 15.8. The van der Waals surface area contributed by atoms with Crippen molar-refractivity contribution < 1.29 is 19.4 Å². The molecule has 2 N–H and O–H groups in total. The lowest BCUT2D eigenvalue weighted by Crippen LogP contribution is -2.08. The Balaban J connectivity index is 1.90. The minimum Gasteiger partial charge on any atom is -0.496 e. The first kappa shape index (κ1) is 21.4. The van der Waals surface area contributed by atoms with Crippen molar-refractivity contribution in [3.63, 3.8) is 0 Å². The third-order valence-electron chi connectivity index (χ3n) is 4.26. The van der Waals surface area contributed by atoms with E-state index in [9.17, 15) is 9.59 Å². The van der Waals surface area contributed by atoms with Crippen LogP contribution in [0.5, 0.6) is 5.75 Å². The van der Waals surface area contributed by atoms with Crippen molar-refractivity contribution >= 4 is 46.8 Å². The van der Waals surface area contributed by atoms with E-state index >= 15 is 0 Å². The fourth-order valence-electron chi connectivity index (χ4n) is 2.81. The van der Waals surface area contributed by atoms with Crippen molar-refractivity contribution in [2.45, 2.75) is 0 Å². The molecular weight excluding hydrogens is 425 g/mol. The van der Waals surface area contributed by atoms with Gasteiger partial charge in [0.25, 0.3) is 0 Å². The molecule has 0 bridgehead atoms. The van der Waals surface area contributed by atoms with Crippen LogP contribution in [-0.2, 0) is 4.79 Å². The van der Waals surface area contributed by atoms with Crippen molar-refractivity contribution in [3.05, 3.63) is 87.9 Å². The van der Waals surface area contributed by atoms with Gasteiger partial charge in [-0.05, 0) is 48.0 Å². The minimum absolute atomic E-state index is 0.131. The molecule has 1 radical (unpaired) electrons. The van der Waals surface area contributed by atoms with Gasteiger partial charge in [-0.25, -0.2) is 4.79 Å². The summed E-state index contributed by atoms with van der Waals surface area (Å²) in [5.41, 5.74) is 2.62. The second-order valence-electron chi connectivity index (χ2n) is 6.15. The molecule has 0 fully saturated rings. The summed E-state index contributed by atoms with van der Waals surface area (Å²) in [5.74, 6) is -0.810. The number of methoxy groups -OCH3 is 1. The Morgan fingerprint density at radius 1 is 1.07 bits per heavy atom. The molecule has 30 heavy (non-hydrogen) atoms. The van der Waals surface area contributed by atoms with Gasteiger partial charge in [0, 0.05) is 29.0 Å². The lowest BCUT2D eigenvalue weighted by Gasteiger charge is -2.13. The molecular formula is C23H16Cl2NO4. The lowest BCUT2D eigenvalue weighted by atomic mass is 9.98. The number of aromatic carboxylic acids is 1. The Morgan fingerprint density at radius 2 is 1.77 bits per heavy atom. The van der Waals surface area contributed by atoms with Gasteiger partial charge >= 0.3 is 5.97 Å². The van der Waals surface area contributed by atoms with Crippen LogP contribution in [0.1, 0.15) is 15.9 Å². The maximum Gasteiger partial charge on any atom is 0.335 e. The normalized spacial score (nSPS) is 10.8. The van der Waals surface area contributed by atoms with Crippen LogP contribution in [0.3, 0.4) is 0 Å². The average Bonchev–Trinajstić information content (AvgIpc) is 2.75. The highest BCUT2D eigenvalue weighted by Crippen LogP contribution is 2.38. The average molecular weight is 441 g/mol. The molecule has 0 aliphatic rings. The third kappa shape index (κ3) is 4.82. The summed E-state index contributed by atoms with van der Waals surface area (Å²) < 4.78 is 5.42. The fraction of sp³-hybridized carbons (Fsp3) is 0.0435. The van der Waals surface area contributed by atoms with Gasteiger partial charge in [-0.1, -0.05) is 41.4 Å². The number of rotatable bonds is 6. The molecule has 151 valence electrons. The van der Waals surface area contributed by atoms with E-state index in [4.69, 9.17) is 33.0 Å². The Bertz CT molecular complexity index is 1120. The van der Waals surface area contributed by atoms with Gasteiger partial charge in [0.1, 0.15) is 5.75 Å². The maximum atomic E-state index is 12.3. The van der Waals surface area contributed by atoms with Crippen LogP contribution in [0, 0.1) is 6.07 Å². The number of nitrogens with one attached hydrogen (secondary N) is 1. The second kappa shape index (κ2) is 9.48. The van der Waals surface area contributed by atoms with E-state index < -0.39 is 11.9 Å². The topological polar surface area (TPSA) is 75.6 Å². The van der Waals surface area contributed by atoms with E-state index in [1.54, 1.807) is 19.3 Å². The van der Waals surface area contributed by atoms with Crippen molar-refractivity contribution in [1.82, 2.24) is 0 Å². The molecule has 0 aliphatic heterocycles. The lowest BCUT2D eigenvalue weighted by molar-refractivity contribution is -0.111. The molecule has 0 unspecified atom stereocenters. The molecule has 3 aromatic carbocycles. The van der Waals surface area contributed by atoms with E-state index in [-0.39, 0.29) is 15.6 Å². The standard InChI is InChI=1S/C23H16Cl2NO4/c1-30-20-5-3-2-4-17(20)16-10-12-19(24)22(25)18(16)11-13-21(27)26-15-8-6-14(7-9-15)23(28)29/h2-11,13H,1H3,(H,26,27)(H,28,29)/b13-11+. The van der Waals surface area contributed by atoms with Crippen LogP contribution in [-0.4, -0.2) is 24.1 Å². The Labute approximate surface area is 183 Å². The molecule has 3 rings (SSSR count). The summed E-state index contributed by atoms with van der Waals surface area (Å²) in [6, 6.07) is 17.8. The van der Waals surface area contributed by atoms with E-state index in [1.165, 1.54) is 30.3 Å². The quantitative estimate of drug-likeness (QED) is 0.473. The summed E-state index contributed by atoms with van der Waals surface area (Å²) in [4.78, 5) is 23.3. The largest absolute Gasteiger partial charge is 0.496 e. The number of benzene rings is 3. The molecule has 5 nitrogen and oxygen atoms in total. The van der Waals surface area contributed by atoms with Crippen LogP contribution in [0.4, 0.5) is 5.69 Å². The molecule has 0 saturated heterocycles. The van der Waals surface area contributed by atoms with Gasteiger partial charge < -0.3 is 15.2 Å². The predicted molar refractivity (Wildman–Crippen MR) is 118 cm³/mol. The molecule has 0 heterocycles. The van der Waals surface area contributed by atoms with Crippen LogP contribution in [0.2, 0.25) is 10.0 Å².